The van der Waals surface area contributed by atoms with E-state index in [0.717, 1.165) is 18.7 Å². The lowest BCUT2D eigenvalue weighted by atomic mass is 10.1. The number of carbonyl (C=O) groups is 1. The Hall–Kier alpha value is -2.24. The van der Waals surface area contributed by atoms with Crippen molar-refractivity contribution < 1.29 is 9.53 Å². The quantitative estimate of drug-likeness (QED) is 0.542. The molecule has 3 N–H and O–H groups in total. The largest absolute Gasteiger partial charge is 0.488 e. The van der Waals surface area contributed by atoms with Crippen molar-refractivity contribution in [1.29, 1.82) is 0 Å². The van der Waals surface area contributed by atoms with E-state index in [1.165, 1.54) is 0 Å². The summed E-state index contributed by atoms with van der Waals surface area (Å²) in [6, 6.07) is 12.9. The van der Waals surface area contributed by atoms with Crippen LogP contribution in [0.2, 0.25) is 5.02 Å². The average Bonchev–Trinajstić information content (AvgIpc) is 2.64. The third-order valence-corrected chi connectivity index (χ3v) is 4.61. The smallest absolute Gasteiger partial charge is 0.256 e. The Morgan fingerprint density at radius 2 is 1.88 bits per heavy atom. The molecule has 0 bridgehead atoms. The molecule has 140 valence electrons. The molecule has 1 unspecified atom stereocenters. The number of amides is 1. The number of benzene rings is 2. The van der Waals surface area contributed by atoms with E-state index >= 15 is 0 Å². The summed E-state index contributed by atoms with van der Waals surface area (Å²) in [5.41, 5.74) is 7.65. The van der Waals surface area contributed by atoms with Crippen LogP contribution in [0.5, 0.6) is 5.75 Å². The molecule has 2 rings (SSSR count). The molecule has 1 atom stereocenters. The predicted octanol–water partition coefficient (Wildman–Crippen LogP) is 3.92. The van der Waals surface area contributed by atoms with Crippen molar-refractivity contribution in [3.8, 4) is 5.75 Å². The molecule has 2 aromatic rings. The van der Waals surface area contributed by atoms with Gasteiger partial charge < -0.3 is 15.8 Å². The molecule has 0 spiro atoms. The van der Waals surface area contributed by atoms with Gasteiger partial charge in [-0.25, -0.2) is 0 Å². The third-order valence-electron chi connectivity index (χ3n) is 4.28. The van der Waals surface area contributed by atoms with Crippen LogP contribution in [0.4, 0.5) is 5.69 Å². The summed E-state index contributed by atoms with van der Waals surface area (Å²) < 4.78 is 5.86. The van der Waals surface area contributed by atoms with Gasteiger partial charge in [-0.1, -0.05) is 55.8 Å². The summed E-state index contributed by atoms with van der Waals surface area (Å²) in [5.74, 6) is 0.175. The molecular weight excluding hydrogens is 350 g/mol. The molecular formula is C20H26ClN3O2. The van der Waals surface area contributed by atoms with Crippen molar-refractivity contribution in [1.82, 2.24) is 10.2 Å². The molecule has 2 aromatic carbocycles. The van der Waals surface area contributed by atoms with E-state index in [4.69, 9.17) is 22.1 Å². The summed E-state index contributed by atoms with van der Waals surface area (Å²) in [4.78, 5) is 14.9. The standard InChI is InChI=1S/C20H26ClN3O2/c1-4-24(5-2)14(3)23-20(25)16-11-17(21)18(22)12-19(16)26-13-15-9-7-6-8-10-15/h6-12,14H,4-5,13,22H2,1-3H3,(H,23,25). The van der Waals surface area contributed by atoms with Crippen LogP contribution >= 0.6 is 11.6 Å². The third kappa shape index (κ3) is 5.13. The molecule has 5 nitrogen and oxygen atoms in total. The van der Waals surface area contributed by atoms with Crippen LogP contribution in [0.3, 0.4) is 0 Å². The fourth-order valence-electron chi connectivity index (χ4n) is 2.73. The van der Waals surface area contributed by atoms with E-state index in [1.54, 1.807) is 12.1 Å². The molecule has 26 heavy (non-hydrogen) atoms. The molecule has 0 aliphatic rings. The topological polar surface area (TPSA) is 67.6 Å². The van der Waals surface area contributed by atoms with Crippen LogP contribution in [0, 0.1) is 0 Å². The molecule has 0 saturated heterocycles. The number of hydrogen-bond donors (Lipinski definition) is 2. The monoisotopic (exact) mass is 375 g/mol. The van der Waals surface area contributed by atoms with Gasteiger partial charge >= 0.3 is 0 Å². The van der Waals surface area contributed by atoms with E-state index in [0.29, 0.717) is 28.6 Å². The number of nitrogens with zero attached hydrogens (tertiary/aromatic N) is 1. The van der Waals surface area contributed by atoms with Gasteiger partial charge in [0.25, 0.3) is 5.91 Å². The van der Waals surface area contributed by atoms with Crippen LogP contribution in [-0.2, 0) is 6.61 Å². The SMILES string of the molecule is CCN(CC)C(C)NC(=O)c1cc(Cl)c(N)cc1OCc1ccccc1. The number of halogens is 1. The Balaban J connectivity index is 2.20. The highest BCUT2D eigenvalue weighted by Crippen LogP contribution is 2.29. The van der Waals surface area contributed by atoms with E-state index in [-0.39, 0.29) is 12.1 Å². The second kappa shape index (κ2) is 9.46. The van der Waals surface area contributed by atoms with Crippen LogP contribution in [0.25, 0.3) is 0 Å². The van der Waals surface area contributed by atoms with Gasteiger partial charge in [0.2, 0.25) is 0 Å². The zero-order valence-electron chi connectivity index (χ0n) is 15.5. The molecule has 0 heterocycles. The van der Waals surface area contributed by atoms with Gasteiger partial charge in [0.1, 0.15) is 12.4 Å². The first-order valence-corrected chi connectivity index (χ1v) is 9.14. The molecule has 0 radical (unpaired) electrons. The molecule has 0 aliphatic carbocycles. The number of nitrogen functional groups attached to an aromatic ring is 1. The summed E-state index contributed by atoms with van der Waals surface area (Å²) >= 11 is 6.13. The minimum absolute atomic E-state index is 0.101. The number of ether oxygens (including phenoxy) is 1. The molecule has 1 amide bonds. The first kappa shape index (κ1) is 20.1. The van der Waals surface area contributed by atoms with Crippen molar-refractivity contribution in [2.75, 3.05) is 18.8 Å². The Morgan fingerprint density at radius 1 is 1.23 bits per heavy atom. The first-order valence-electron chi connectivity index (χ1n) is 8.76. The van der Waals surface area contributed by atoms with E-state index < -0.39 is 0 Å². The van der Waals surface area contributed by atoms with Crippen molar-refractivity contribution in [3.63, 3.8) is 0 Å². The first-order chi connectivity index (χ1) is 12.5. The Morgan fingerprint density at radius 3 is 2.50 bits per heavy atom. The lowest BCUT2D eigenvalue weighted by molar-refractivity contribution is 0.0870. The van der Waals surface area contributed by atoms with Crippen molar-refractivity contribution >= 4 is 23.2 Å². The minimum atomic E-state index is -0.241. The van der Waals surface area contributed by atoms with Crippen LogP contribution in [-0.4, -0.2) is 30.1 Å². The van der Waals surface area contributed by atoms with Gasteiger partial charge in [-0.3, -0.25) is 9.69 Å². The molecule has 6 heteroatoms. The maximum absolute atomic E-state index is 12.8. The zero-order valence-corrected chi connectivity index (χ0v) is 16.2. The van der Waals surface area contributed by atoms with Crippen LogP contribution < -0.4 is 15.8 Å². The van der Waals surface area contributed by atoms with E-state index in [1.807, 2.05) is 37.3 Å². The predicted molar refractivity (Wildman–Crippen MR) is 106 cm³/mol. The number of nitrogens with one attached hydrogen (secondary N) is 1. The second-order valence-electron chi connectivity index (χ2n) is 6.01. The maximum atomic E-state index is 12.8. The highest BCUT2D eigenvalue weighted by molar-refractivity contribution is 6.33. The maximum Gasteiger partial charge on any atom is 0.256 e. The number of rotatable bonds is 8. The number of hydrogen-bond acceptors (Lipinski definition) is 4. The van der Waals surface area contributed by atoms with Gasteiger partial charge in [-0.05, 0) is 31.6 Å². The fraction of sp³-hybridized carbons (Fsp3) is 0.350. The molecule has 0 aromatic heterocycles. The second-order valence-corrected chi connectivity index (χ2v) is 6.42. The van der Waals surface area contributed by atoms with E-state index in [2.05, 4.69) is 24.1 Å². The van der Waals surface area contributed by atoms with Gasteiger partial charge in [0, 0.05) is 6.07 Å². The van der Waals surface area contributed by atoms with Gasteiger partial charge in [0.15, 0.2) is 0 Å². The lowest BCUT2D eigenvalue weighted by Crippen LogP contribution is -2.46. The summed E-state index contributed by atoms with van der Waals surface area (Å²) in [7, 11) is 0. The molecule has 0 fully saturated rings. The molecule has 0 saturated carbocycles. The number of anilines is 1. The summed E-state index contributed by atoms with van der Waals surface area (Å²) in [6.45, 7) is 8.10. The normalized spacial score (nSPS) is 12.0. The van der Waals surface area contributed by atoms with Crippen molar-refractivity contribution in [2.45, 2.75) is 33.5 Å². The van der Waals surface area contributed by atoms with Crippen LogP contribution in [0.1, 0.15) is 36.7 Å². The van der Waals surface area contributed by atoms with Gasteiger partial charge in [-0.15, -0.1) is 0 Å². The highest BCUT2D eigenvalue weighted by Gasteiger charge is 2.19. The van der Waals surface area contributed by atoms with E-state index in [9.17, 15) is 4.79 Å². The van der Waals surface area contributed by atoms with Crippen LogP contribution in [0.15, 0.2) is 42.5 Å². The Labute approximate surface area is 160 Å². The summed E-state index contributed by atoms with van der Waals surface area (Å²) in [6.07, 6.45) is -0.101. The Kier molecular flexibility index (Phi) is 7.30. The number of carbonyl (C=O) groups excluding carboxylic acids is 1. The fourth-order valence-corrected chi connectivity index (χ4v) is 2.90. The molecule has 0 aliphatic heterocycles. The number of nitrogens with two attached hydrogens (primary N) is 1. The highest BCUT2D eigenvalue weighted by atomic mass is 35.5. The van der Waals surface area contributed by atoms with Crippen molar-refractivity contribution in [2.24, 2.45) is 0 Å². The average molecular weight is 376 g/mol. The zero-order chi connectivity index (χ0) is 19.1. The lowest BCUT2D eigenvalue weighted by Gasteiger charge is -2.27. The van der Waals surface area contributed by atoms with Gasteiger partial charge in [0.05, 0.1) is 22.4 Å². The summed E-state index contributed by atoms with van der Waals surface area (Å²) in [5, 5.41) is 3.32. The Bertz CT molecular complexity index is 733. The van der Waals surface area contributed by atoms with Gasteiger partial charge in [-0.2, -0.15) is 0 Å². The van der Waals surface area contributed by atoms with Crippen molar-refractivity contribution in [3.05, 3.63) is 58.6 Å². The minimum Gasteiger partial charge on any atom is -0.488 e.